The van der Waals surface area contributed by atoms with Gasteiger partial charge in [-0.3, -0.25) is 4.79 Å². The van der Waals surface area contributed by atoms with Crippen molar-refractivity contribution < 1.29 is 25.2 Å². The lowest BCUT2D eigenvalue weighted by Crippen LogP contribution is -2.48. The Morgan fingerprint density at radius 1 is 1.08 bits per heavy atom. The number of anilines is 1. The van der Waals surface area contributed by atoms with Crippen LogP contribution in [0.2, 0.25) is 0 Å². The molecule has 1 saturated carbocycles. The Morgan fingerprint density at radius 3 is 2.56 bits per heavy atom. The SMILES string of the molecule is CCCCCC1C=CC(CCCCCC(C(=O)O)C(O)CC(CNC)C2(O)CC(Cc3ccnc(N)c3)CC2Cc2cc(CC)c[n-]2)C(O)C1. The van der Waals surface area contributed by atoms with Crippen molar-refractivity contribution in [3.05, 3.63) is 59.6 Å². The molecular formula is C41H65N4O5-. The van der Waals surface area contributed by atoms with Crippen LogP contribution in [0.3, 0.4) is 0 Å². The van der Waals surface area contributed by atoms with E-state index in [4.69, 9.17) is 5.73 Å². The quantitative estimate of drug-likeness (QED) is 0.0632. The molecule has 9 nitrogen and oxygen atoms in total. The molecule has 2 heterocycles. The van der Waals surface area contributed by atoms with Crippen molar-refractivity contribution in [1.29, 1.82) is 0 Å². The van der Waals surface area contributed by atoms with Crippen LogP contribution in [0.1, 0.15) is 114 Å². The minimum absolute atomic E-state index is 0.0871. The van der Waals surface area contributed by atoms with Gasteiger partial charge in [-0.05, 0) is 107 Å². The predicted molar refractivity (Wildman–Crippen MR) is 199 cm³/mol. The molecule has 1 fully saturated rings. The monoisotopic (exact) mass is 693 g/mol. The van der Waals surface area contributed by atoms with Crippen LogP contribution in [0.5, 0.6) is 0 Å². The van der Waals surface area contributed by atoms with E-state index in [1.165, 1.54) is 24.8 Å². The van der Waals surface area contributed by atoms with Crippen LogP contribution in [-0.2, 0) is 24.1 Å². The Kier molecular flexibility index (Phi) is 15.8. The summed E-state index contributed by atoms with van der Waals surface area (Å²) >= 11 is 0. The highest BCUT2D eigenvalue weighted by Gasteiger charge is 2.51. The molecule has 4 rings (SSSR count). The van der Waals surface area contributed by atoms with Crippen molar-refractivity contribution in [3.63, 3.8) is 0 Å². The molecule has 2 aliphatic carbocycles. The van der Waals surface area contributed by atoms with Gasteiger partial charge in [-0.2, -0.15) is 11.9 Å². The van der Waals surface area contributed by atoms with Crippen molar-refractivity contribution in [2.45, 2.75) is 134 Å². The molecule has 0 radical (unpaired) electrons. The average Bonchev–Trinajstić information content (AvgIpc) is 3.67. The zero-order valence-electron chi connectivity index (χ0n) is 30.8. The number of pyridine rings is 1. The van der Waals surface area contributed by atoms with E-state index in [9.17, 15) is 25.2 Å². The second kappa shape index (κ2) is 19.8. The molecule has 9 atom stereocenters. The number of nitrogens with zero attached hydrogens (tertiary/aromatic N) is 2. The minimum atomic E-state index is -1.11. The summed E-state index contributed by atoms with van der Waals surface area (Å²) in [5.41, 5.74) is 8.10. The number of unbranched alkanes of at least 4 members (excludes halogenated alkanes) is 4. The molecular weight excluding hydrogens is 628 g/mol. The maximum Gasteiger partial charge on any atom is 0.309 e. The molecule has 0 amide bonds. The number of aliphatic hydroxyl groups excluding tert-OH is 2. The molecule has 0 bridgehead atoms. The van der Waals surface area contributed by atoms with Crippen molar-refractivity contribution in [2.24, 2.45) is 35.5 Å². The van der Waals surface area contributed by atoms with Crippen LogP contribution in [0.15, 0.2) is 42.7 Å². The van der Waals surface area contributed by atoms with Crippen molar-refractivity contribution in [3.8, 4) is 0 Å². The van der Waals surface area contributed by atoms with Crippen LogP contribution in [0.25, 0.3) is 0 Å². The van der Waals surface area contributed by atoms with Gasteiger partial charge in [0, 0.05) is 24.6 Å². The Labute approximate surface area is 300 Å². The molecule has 280 valence electrons. The number of allylic oxidation sites excluding steroid dienone is 1. The second-order valence-electron chi connectivity index (χ2n) is 15.6. The van der Waals surface area contributed by atoms with Gasteiger partial charge in [-0.1, -0.05) is 76.2 Å². The predicted octanol–water partition coefficient (Wildman–Crippen LogP) is 6.10. The summed E-state index contributed by atoms with van der Waals surface area (Å²) in [7, 11) is 1.84. The molecule has 0 spiro atoms. The summed E-state index contributed by atoms with van der Waals surface area (Å²) in [6, 6.07) is 5.99. The fourth-order valence-electron chi connectivity index (χ4n) is 8.92. The first kappa shape index (κ1) is 40.1. The van der Waals surface area contributed by atoms with E-state index in [2.05, 4.69) is 47.4 Å². The molecule has 0 aromatic carbocycles. The third kappa shape index (κ3) is 11.4. The van der Waals surface area contributed by atoms with E-state index in [1.54, 1.807) is 6.20 Å². The number of nitrogen functional groups attached to an aromatic ring is 1. The van der Waals surface area contributed by atoms with Crippen LogP contribution >= 0.6 is 0 Å². The molecule has 2 aromatic rings. The zero-order chi connectivity index (χ0) is 36.1. The summed E-state index contributed by atoms with van der Waals surface area (Å²) in [4.78, 5) is 21.3. The molecule has 0 saturated heterocycles. The highest BCUT2D eigenvalue weighted by Crippen LogP contribution is 2.48. The van der Waals surface area contributed by atoms with E-state index < -0.39 is 23.6 Å². The summed E-state index contributed by atoms with van der Waals surface area (Å²) in [6.45, 7) is 4.79. The number of rotatable bonds is 22. The Bertz CT molecular complexity index is 1330. The second-order valence-corrected chi connectivity index (χ2v) is 15.6. The van der Waals surface area contributed by atoms with Gasteiger partial charge in [-0.25, -0.2) is 4.98 Å². The number of aliphatic hydroxyl groups is 3. The number of hydrogen-bond donors (Lipinski definition) is 6. The van der Waals surface area contributed by atoms with E-state index in [0.29, 0.717) is 44.0 Å². The number of aromatic nitrogens is 2. The van der Waals surface area contributed by atoms with Gasteiger partial charge in [0.05, 0.1) is 23.7 Å². The lowest BCUT2D eigenvalue weighted by atomic mass is 9.73. The highest BCUT2D eigenvalue weighted by atomic mass is 16.4. The fraction of sp³-hybridized carbons (Fsp3) is 0.707. The largest absolute Gasteiger partial charge is 0.667 e. The summed E-state index contributed by atoms with van der Waals surface area (Å²) in [5, 5.41) is 48.3. The standard InChI is InChI=1S/C41H65N4O5/c1-4-6-8-11-29-14-15-32(37(46)21-29)12-9-7-10-13-36(40(48)49)38(47)24-34(27-43-3)41(50)25-31(18-30-16-17-44-39(42)22-30)19-33(41)23-35-20-28(5-2)26-45-35/h14-17,20,22,26,29,31-34,36-38,43,46-47,50H,4-13,18-19,21,23-25,27H2,1-3H3,(H2,42,44)(H,48,49)/q-1. The maximum atomic E-state index is 12.6. The average molecular weight is 694 g/mol. The molecule has 0 aliphatic heterocycles. The maximum absolute atomic E-state index is 12.6. The zero-order valence-corrected chi connectivity index (χ0v) is 30.8. The van der Waals surface area contributed by atoms with E-state index in [-0.39, 0.29) is 36.2 Å². The van der Waals surface area contributed by atoms with Gasteiger partial charge >= 0.3 is 5.97 Å². The van der Waals surface area contributed by atoms with E-state index in [1.807, 2.05) is 25.4 Å². The van der Waals surface area contributed by atoms with Crippen molar-refractivity contribution in [2.75, 3.05) is 19.3 Å². The third-order valence-corrected chi connectivity index (χ3v) is 11.8. The third-order valence-electron chi connectivity index (χ3n) is 11.8. The summed E-state index contributed by atoms with van der Waals surface area (Å²) < 4.78 is 0. The van der Waals surface area contributed by atoms with Gasteiger partial charge in [0.2, 0.25) is 0 Å². The number of aliphatic carboxylic acids is 1. The number of hydrogen-bond acceptors (Lipinski definition) is 7. The number of aryl methyl sites for hydroxylation is 1. The number of carbonyl (C=O) groups is 1. The van der Waals surface area contributed by atoms with Gasteiger partial charge in [-0.15, -0.1) is 0 Å². The number of carboxylic acids is 1. The van der Waals surface area contributed by atoms with E-state index >= 15 is 0 Å². The fourth-order valence-corrected chi connectivity index (χ4v) is 8.92. The Morgan fingerprint density at radius 2 is 1.88 bits per heavy atom. The minimum Gasteiger partial charge on any atom is -0.667 e. The lowest BCUT2D eigenvalue weighted by Gasteiger charge is -2.40. The molecule has 2 aliphatic rings. The van der Waals surface area contributed by atoms with Crippen LogP contribution in [0, 0.1) is 35.5 Å². The highest BCUT2D eigenvalue weighted by molar-refractivity contribution is 5.70. The Hall–Kier alpha value is -2.72. The Balaban J connectivity index is 1.37. The number of nitrogens with one attached hydrogen (secondary N) is 1. The normalized spacial score (nSPS) is 27.0. The van der Waals surface area contributed by atoms with Gasteiger partial charge in [0.15, 0.2) is 0 Å². The lowest BCUT2D eigenvalue weighted by molar-refractivity contribution is -0.148. The molecule has 2 aromatic heterocycles. The molecule has 7 N–H and O–H groups in total. The first-order valence-electron chi connectivity index (χ1n) is 19.5. The number of carboxylic acid groups (broad SMARTS) is 1. The van der Waals surface area contributed by atoms with Gasteiger partial charge < -0.3 is 36.5 Å². The summed E-state index contributed by atoms with van der Waals surface area (Å²) in [5.74, 6) is -1.00. The molecule has 9 heteroatoms. The van der Waals surface area contributed by atoms with Gasteiger partial charge in [0.1, 0.15) is 5.82 Å². The van der Waals surface area contributed by atoms with Gasteiger partial charge in [0.25, 0.3) is 0 Å². The van der Waals surface area contributed by atoms with Crippen molar-refractivity contribution in [1.82, 2.24) is 15.3 Å². The number of nitrogens with two attached hydrogens (primary N) is 1. The van der Waals surface area contributed by atoms with Crippen LogP contribution in [0.4, 0.5) is 5.82 Å². The molecule has 9 unspecified atom stereocenters. The van der Waals surface area contributed by atoms with Crippen LogP contribution < -0.4 is 16.0 Å². The first-order valence-corrected chi connectivity index (χ1v) is 19.5. The molecule has 50 heavy (non-hydrogen) atoms. The smallest absolute Gasteiger partial charge is 0.309 e. The summed E-state index contributed by atoms with van der Waals surface area (Å²) in [6.07, 6.45) is 20.0. The van der Waals surface area contributed by atoms with E-state index in [0.717, 1.165) is 62.6 Å². The van der Waals surface area contributed by atoms with Crippen LogP contribution in [-0.4, -0.2) is 62.8 Å². The topological polar surface area (TPSA) is 163 Å². The van der Waals surface area contributed by atoms with Crippen molar-refractivity contribution >= 4 is 11.8 Å². The first-order chi connectivity index (χ1) is 24.1.